The lowest BCUT2D eigenvalue weighted by Crippen LogP contribution is -2.36. The molecule has 6 heteroatoms. The van der Waals surface area contributed by atoms with Gasteiger partial charge in [0, 0.05) is 5.56 Å². The fourth-order valence-electron chi connectivity index (χ4n) is 2.68. The Balaban J connectivity index is 2.29. The minimum Gasteiger partial charge on any atom is -0.345 e. The van der Waals surface area contributed by atoms with Crippen molar-refractivity contribution in [2.45, 2.75) is 31.7 Å². The molecule has 1 amide bonds. The van der Waals surface area contributed by atoms with Gasteiger partial charge >= 0.3 is 0 Å². The molecule has 0 aliphatic carbocycles. The molecular formula is C21H24N2O3S. The van der Waals surface area contributed by atoms with Gasteiger partial charge < -0.3 is 5.32 Å². The highest BCUT2D eigenvalue weighted by molar-refractivity contribution is 7.89. The van der Waals surface area contributed by atoms with Crippen LogP contribution in [0.5, 0.6) is 0 Å². The average molecular weight is 385 g/mol. The molecule has 0 saturated heterocycles. The van der Waals surface area contributed by atoms with Gasteiger partial charge in [-0.3, -0.25) is 4.79 Å². The van der Waals surface area contributed by atoms with Crippen LogP contribution >= 0.6 is 0 Å². The lowest BCUT2D eigenvalue weighted by Gasteiger charge is -2.32. The van der Waals surface area contributed by atoms with Crippen LogP contribution in [-0.4, -0.2) is 20.9 Å². The van der Waals surface area contributed by atoms with Gasteiger partial charge in [-0.2, -0.15) is 4.72 Å². The summed E-state index contributed by atoms with van der Waals surface area (Å²) >= 11 is 0. The van der Waals surface area contributed by atoms with Crippen molar-refractivity contribution < 1.29 is 13.2 Å². The Hall–Kier alpha value is -2.62. The summed E-state index contributed by atoms with van der Waals surface area (Å²) in [5, 5.41) is 3.02. The number of hydrogen-bond donors (Lipinski definition) is 2. The molecule has 2 aromatic carbocycles. The second-order valence-electron chi connectivity index (χ2n) is 7.24. The second kappa shape index (κ2) is 8.38. The number of hydrogen-bond acceptors (Lipinski definition) is 3. The van der Waals surface area contributed by atoms with Gasteiger partial charge in [0.05, 0.1) is 17.5 Å². The van der Waals surface area contributed by atoms with Crippen LogP contribution in [0.4, 0.5) is 0 Å². The quantitative estimate of drug-likeness (QED) is 0.752. The zero-order chi connectivity index (χ0) is 20.1. The minimum atomic E-state index is -3.76. The number of benzene rings is 2. The molecule has 0 aliphatic heterocycles. The van der Waals surface area contributed by atoms with Crippen LogP contribution in [0, 0.1) is 17.8 Å². The Morgan fingerprint density at radius 2 is 1.78 bits per heavy atom. The Labute approximate surface area is 161 Å². The van der Waals surface area contributed by atoms with Gasteiger partial charge in [-0.05, 0) is 29.2 Å². The van der Waals surface area contributed by atoms with Crippen molar-refractivity contribution in [3.63, 3.8) is 0 Å². The molecule has 0 aliphatic rings. The van der Waals surface area contributed by atoms with Crippen molar-refractivity contribution >= 4 is 15.9 Å². The van der Waals surface area contributed by atoms with Crippen LogP contribution < -0.4 is 10.0 Å². The average Bonchev–Trinajstić information content (AvgIpc) is 2.64. The van der Waals surface area contributed by atoms with E-state index < -0.39 is 10.0 Å². The summed E-state index contributed by atoms with van der Waals surface area (Å²) in [6.45, 7) is 6.00. The molecular weight excluding hydrogens is 360 g/mol. The molecule has 0 fully saturated rings. The van der Waals surface area contributed by atoms with Gasteiger partial charge in [0.1, 0.15) is 0 Å². The summed E-state index contributed by atoms with van der Waals surface area (Å²) in [4.78, 5) is 12.8. The normalized spacial score (nSPS) is 12.8. The second-order valence-corrected chi connectivity index (χ2v) is 9.01. The smallest absolute Gasteiger partial charge is 0.251 e. The summed E-state index contributed by atoms with van der Waals surface area (Å²) in [5.74, 6) is 1.88. The number of carbonyl (C=O) groups is 1. The predicted molar refractivity (Wildman–Crippen MR) is 107 cm³/mol. The summed E-state index contributed by atoms with van der Waals surface area (Å²) in [6.07, 6.45) is 5.10. The first-order chi connectivity index (χ1) is 12.6. The van der Waals surface area contributed by atoms with Gasteiger partial charge in [-0.25, -0.2) is 8.42 Å². The van der Waals surface area contributed by atoms with E-state index in [0.29, 0.717) is 0 Å². The van der Waals surface area contributed by atoms with Crippen molar-refractivity contribution in [2.75, 3.05) is 6.54 Å². The first kappa shape index (κ1) is 20.7. The molecule has 0 spiro atoms. The highest BCUT2D eigenvalue weighted by Crippen LogP contribution is 2.32. The van der Waals surface area contributed by atoms with E-state index >= 15 is 0 Å². The van der Waals surface area contributed by atoms with Crippen LogP contribution in [0.1, 0.15) is 42.7 Å². The lowest BCUT2D eigenvalue weighted by molar-refractivity contribution is 0.0901. The molecule has 142 valence electrons. The zero-order valence-corrected chi connectivity index (χ0v) is 16.5. The molecule has 1 unspecified atom stereocenters. The van der Waals surface area contributed by atoms with E-state index in [-0.39, 0.29) is 34.4 Å². The molecule has 27 heavy (non-hydrogen) atoms. The number of sulfonamides is 1. The Morgan fingerprint density at radius 1 is 1.11 bits per heavy atom. The SMILES string of the molecule is C#CCNS(=O)(=O)c1cccc(C(=O)NC(c2ccccc2)C(C)(C)C)c1. The fourth-order valence-corrected chi connectivity index (χ4v) is 3.66. The molecule has 2 aromatic rings. The number of terminal acetylenes is 1. The molecule has 0 bridgehead atoms. The molecule has 2 N–H and O–H groups in total. The minimum absolute atomic E-state index is 0.00239. The van der Waals surface area contributed by atoms with Gasteiger partial charge in [0.15, 0.2) is 0 Å². The van der Waals surface area contributed by atoms with E-state index in [2.05, 4.69) is 16.0 Å². The van der Waals surface area contributed by atoms with Crippen molar-refractivity contribution in [3.8, 4) is 12.3 Å². The fraction of sp³-hybridized carbons (Fsp3) is 0.286. The molecule has 0 aromatic heterocycles. The summed E-state index contributed by atoms with van der Waals surface area (Å²) < 4.78 is 26.7. The highest BCUT2D eigenvalue weighted by Gasteiger charge is 2.28. The monoisotopic (exact) mass is 384 g/mol. The van der Waals surface area contributed by atoms with Gasteiger partial charge in [0.25, 0.3) is 5.91 Å². The van der Waals surface area contributed by atoms with E-state index in [9.17, 15) is 13.2 Å². The van der Waals surface area contributed by atoms with E-state index in [1.807, 2.05) is 51.1 Å². The van der Waals surface area contributed by atoms with Crippen molar-refractivity contribution in [1.82, 2.24) is 10.0 Å². The van der Waals surface area contributed by atoms with E-state index in [0.717, 1.165) is 5.56 Å². The molecule has 5 nitrogen and oxygen atoms in total. The molecule has 0 heterocycles. The standard InChI is InChI=1S/C21H24N2O3S/c1-5-14-22-27(25,26)18-13-9-12-17(15-18)20(24)23-19(21(2,3)4)16-10-7-6-8-11-16/h1,6-13,15,19,22H,14H2,2-4H3,(H,23,24). The predicted octanol–water partition coefficient (Wildman–Crippen LogP) is 3.12. The molecule has 0 radical (unpaired) electrons. The largest absolute Gasteiger partial charge is 0.345 e. The molecule has 1 atom stereocenters. The van der Waals surface area contributed by atoms with E-state index in [1.165, 1.54) is 18.2 Å². The van der Waals surface area contributed by atoms with Crippen LogP contribution in [0.25, 0.3) is 0 Å². The molecule has 2 rings (SSSR count). The van der Waals surface area contributed by atoms with Gasteiger partial charge in [-0.1, -0.05) is 63.1 Å². The highest BCUT2D eigenvalue weighted by atomic mass is 32.2. The van der Waals surface area contributed by atoms with Crippen molar-refractivity contribution in [1.29, 1.82) is 0 Å². The van der Waals surface area contributed by atoms with Crippen LogP contribution in [0.2, 0.25) is 0 Å². The first-order valence-corrected chi connectivity index (χ1v) is 10.0. The Bertz CT molecular complexity index is 939. The maximum absolute atomic E-state index is 12.8. The third-order valence-electron chi connectivity index (χ3n) is 4.05. The zero-order valence-electron chi connectivity index (χ0n) is 15.7. The third kappa shape index (κ3) is 5.43. The van der Waals surface area contributed by atoms with Gasteiger partial charge in [-0.15, -0.1) is 6.42 Å². The number of carbonyl (C=O) groups excluding carboxylic acids is 1. The molecule has 0 saturated carbocycles. The summed E-state index contributed by atoms with van der Waals surface area (Å²) in [7, 11) is -3.76. The van der Waals surface area contributed by atoms with Crippen LogP contribution in [0.15, 0.2) is 59.5 Å². The van der Waals surface area contributed by atoms with Crippen LogP contribution in [0.3, 0.4) is 0 Å². The van der Waals surface area contributed by atoms with E-state index in [1.54, 1.807) is 6.07 Å². The van der Waals surface area contributed by atoms with E-state index in [4.69, 9.17) is 6.42 Å². The number of amides is 1. The maximum atomic E-state index is 12.8. The Kier molecular flexibility index (Phi) is 6.42. The Morgan fingerprint density at radius 3 is 2.37 bits per heavy atom. The van der Waals surface area contributed by atoms with Gasteiger partial charge in [0.2, 0.25) is 10.0 Å². The van der Waals surface area contributed by atoms with Crippen LogP contribution in [-0.2, 0) is 10.0 Å². The third-order valence-corrected chi connectivity index (χ3v) is 5.44. The maximum Gasteiger partial charge on any atom is 0.251 e. The number of nitrogens with one attached hydrogen (secondary N) is 2. The summed E-state index contributed by atoms with van der Waals surface area (Å²) in [5.41, 5.74) is 1.02. The topological polar surface area (TPSA) is 75.3 Å². The summed E-state index contributed by atoms with van der Waals surface area (Å²) in [6, 6.07) is 15.3. The lowest BCUT2D eigenvalue weighted by atomic mass is 9.82. The number of rotatable bonds is 6. The first-order valence-electron chi connectivity index (χ1n) is 8.54. The van der Waals surface area contributed by atoms with Crippen molar-refractivity contribution in [2.24, 2.45) is 5.41 Å². The van der Waals surface area contributed by atoms with Crippen molar-refractivity contribution in [3.05, 3.63) is 65.7 Å².